The average molecular weight is 985 g/mol. The highest BCUT2D eigenvalue weighted by molar-refractivity contribution is 6.24. The van der Waals surface area contributed by atoms with Crippen molar-refractivity contribution in [3.63, 3.8) is 0 Å². The third kappa shape index (κ3) is 11.7. The summed E-state index contributed by atoms with van der Waals surface area (Å²) in [5.41, 5.74) is -0.293. The van der Waals surface area contributed by atoms with E-state index in [4.69, 9.17) is 18.9 Å². The van der Waals surface area contributed by atoms with Crippen molar-refractivity contribution < 1.29 is 68.5 Å². The van der Waals surface area contributed by atoms with Crippen molar-refractivity contribution in [3.05, 3.63) is 77.1 Å². The molecule has 2 fully saturated rings. The van der Waals surface area contributed by atoms with Gasteiger partial charge in [-0.1, -0.05) is 58.8 Å². The number of hydrazone groups is 1. The normalized spacial score (nSPS) is 30.7. The van der Waals surface area contributed by atoms with E-state index >= 15 is 0 Å². The third-order valence-electron chi connectivity index (χ3n) is 14.3. The number of carbonyl (C=O) groups excluding carboxylic acids is 5. The molecule has 0 radical (unpaired) electrons. The smallest absolute Gasteiger partial charge is 0.312 e. The molecule has 1 amide bonds. The first-order chi connectivity index (χ1) is 33.6. The van der Waals surface area contributed by atoms with Gasteiger partial charge in [-0.25, -0.2) is 0 Å². The number of benzene rings is 2. The number of piperazine rings is 1. The molecule has 8 rings (SSSR count). The highest BCUT2D eigenvalue weighted by atomic mass is 16.7. The summed E-state index contributed by atoms with van der Waals surface area (Å²) >= 11 is 0. The van der Waals surface area contributed by atoms with E-state index in [1.54, 1.807) is 39.8 Å². The molecule has 6 aliphatic rings. The van der Waals surface area contributed by atoms with E-state index < -0.39 is 88.8 Å². The van der Waals surface area contributed by atoms with Gasteiger partial charge in [0.05, 0.1) is 53.0 Å². The second-order valence-electron chi connectivity index (χ2n) is 19.3. The Morgan fingerprint density at radius 3 is 2.06 bits per heavy atom. The minimum Gasteiger partial charge on any atom is -0.507 e. The lowest BCUT2D eigenvalue weighted by molar-refractivity contribution is -0.160. The van der Waals surface area contributed by atoms with Crippen LogP contribution in [0.1, 0.15) is 95.6 Å². The lowest BCUT2D eigenvalue weighted by Gasteiger charge is -2.38. The van der Waals surface area contributed by atoms with Gasteiger partial charge in [0.1, 0.15) is 23.4 Å². The lowest BCUT2D eigenvalue weighted by Crippen LogP contribution is -2.47. The van der Waals surface area contributed by atoms with E-state index in [2.05, 4.69) is 15.3 Å². The highest BCUT2D eigenvalue weighted by Gasteiger charge is 2.50. The molecule has 4 aliphatic heterocycles. The summed E-state index contributed by atoms with van der Waals surface area (Å²) in [6, 6.07) is 0.553. The Labute approximate surface area is 414 Å². The maximum atomic E-state index is 14.5. The van der Waals surface area contributed by atoms with Gasteiger partial charge in [-0.2, -0.15) is 5.10 Å². The molecule has 2 aliphatic carbocycles. The fourth-order valence-corrected chi connectivity index (χ4v) is 9.91. The fourth-order valence-electron chi connectivity index (χ4n) is 9.91. The van der Waals surface area contributed by atoms with Crippen LogP contribution in [0.4, 0.5) is 5.69 Å². The van der Waals surface area contributed by atoms with Gasteiger partial charge in [0, 0.05) is 93.4 Å². The number of rotatable bonds is 5. The quantitative estimate of drug-likeness (QED) is 0.0671. The molecule has 5 bridgehead atoms. The molecule has 0 unspecified atom stereocenters. The van der Waals surface area contributed by atoms with Crippen LogP contribution >= 0.6 is 0 Å². The van der Waals surface area contributed by atoms with Gasteiger partial charge in [-0.3, -0.25) is 33.9 Å². The molecule has 1 saturated carbocycles. The third-order valence-corrected chi connectivity index (χ3v) is 14.3. The number of aliphatic hydroxyl groups is 2. The number of carbonyl (C=O) groups is 5. The monoisotopic (exact) mass is 984 g/mol. The fraction of sp³-hybridized carbons (Fsp3) is 0.509. The summed E-state index contributed by atoms with van der Waals surface area (Å²) in [7, 11) is 1.44. The Bertz CT molecular complexity index is 2530. The van der Waals surface area contributed by atoms with Gasteiger partial charge in [0.25, 0.3) is 11.7 Å². The second-order valence-corrected chi connectivity index (χ2v) is 19.3. The van der Waals surface area contributed by atoms with Gasteiger partial charge in [-0.15, -0.1) is 0 Å². The first-order valence-corrected chi connectivity index (χ1v) is 24.1. The van der Waals surface area contributed by atoms with Gasteiger partial charge in [-0.05, 0) is 57.1 Å². The van der Waals surface area contributed by atoms with Crippen LogP contribution in [0.25, 0.3) is 10.8 Å². The number of esters is 1. The first-order valence-electron chi connectivity index (χ1n) is 24.1. The molecule has 2 aromatic rings. The van der Waals surface area contributed by atoms with Crippen molar-refractivity contribution >= 4 is 51.9 Å². The summed E-state index contributed by atoms with van der Waals surface area (Å²) in [5, 5.41) is 67.6. The number of Topliss-reactive ketones (excluding diaryl/α,β-unsaturated/α-hetero) is 1. The molecule has 6 N–H and O–H groups in total. The number of allylic oxidation sites excluding steroid dienone is 6. The number of aliphatic hydroxyl groups excluding tert-OH is 2. The Hall–Kier alpha value is -6.34. The average Bonchev–Trinajstić information content (AvgIpc) is 3.98. The molecule has 384 valence electrons. The molecule has 9 atom stereocenters. The van der Waals surface area contributed by atoms with E-state index in [0.717, 1.165) is 13.1 Å². The number of ketones is 3. The van der Waals surface area contributed by atoms with E-state index in [0.29, 0.717) is 19.1 Å². The number of phenols is 3. The standard InChI is InChI=1S/C47H64N4O12.C6H4O2/c1-24-13-12-14-25(2)46(59)49-37-32(23-48-51-20-18-50(19-21-51)31-15-10-11-16-31)41(56)34-35(42(37)57)40(55)29(6)44-36(34)45(58)47(8,63-44)61-22-17-33(60-9)26(3)43(62-30(7)52)28(5)39(54)27(4)38(24)53;7-5-1-2-6(8)4-3-5/h12-14,17,22-24,26-28,31,33,38-39,43,53-57H,10-11,15-16,18-21H2,1-9H3,(H,49,59);1-4H/b13-12+,22-17+,25-14-,48-23+;/t24-,26+,27+,28+,33-,38-,39+,43+,47-;/m0./s1. The van der Waals surface area contributed by atoms with Crippen LogP contribution in [-0.2, 0) is 33.4 Å². The Kier molecular flexibility index (Phi) is 17.4. The molecule has 18 nitrogen and oxygen atoms in total. The van der Waals surface area contributed by atoms with Crippen molar-refractivity contribution in [2.75, 3.05) is 38.6 Å². The first kappa shape index (κ1) is 54.0. The topological polar surface area (TPSA) is 254 Å². The summed E-state index contributed by atoms with van der Waals surface area (Å²) in [5.74, 6) is -8.52. The number of fused-ring (bicyclic) bond motifs is 14. The van der Waals surface area contributed by atoms with Crippen LogP contribution in [0.15, 0.2) is 65.5 Å². The predicted molar refractivity (Wildman–Crippen MR) is 265 cm³/mol. The maximum absolute atomic E-state index is 14.5. The van der Waals surface area contributed by atoms with Crippen LogP contribution in [0.3, 0.4) is 0 Å². The number of phenolic OH excluding ortho intramolecular Hbond substituents is 3. The number of nitrogens with one attached hydrogen (secondary N) is 1. The summed E-state index contributed by atoms with van der Waals surface area (Å²) < 4.78 is 23.7. The van der Waals surface area contributed by atoms with Crippen LogP contribution in [0, 0.1) is 30.6 Å². The highest BCUT2D eigenvalue weighted by Crippen LogP contribution is 2.55. The second kappa shape index (κ2) is 22.8. The number of ether oxygens (including phenoxy) is 4. The number of methoxy groups -OCH3 is 1. The number of nitrogens with zero attached hydrogens (tertiary/aromatic N) is 3. The molecule has 0 aromatic heterocycles. The molecular weight excluding hydrogens is 917 g/mol. The number of aromatic hydroxyl groups is 3. The molecule has 71 heavy (non-hydrogen) atoms. The SMILES string of the molecule is CO[C@H]1/C=C/O[C@@]2(C)Oc3c(C)c(O)c4c(O)c(c(/C=N/N5CCN(C6CCCC6)CC5)c(O)c4c3C2=O)NC(=O)/C(C)=C\C=C\[C@H](C)[C@H](O)[C@@H](C)[C@@H](O)[C@@H](C)[C@H](OC(C)=O)[C@@H]1C.O=C1C=CC(=O)C=C1. The van der Waals surface area contributed by atoms with Gasteiger partial charge >= 0.3 is 11.8 Å². The number of hydrogen-bond donors (Lipinski definition) is 6. The van der Waals surface area contributed by atoms with Gasteiger partial charge < -0.3 is 49.8 Å². The van der Waals surface area contributed by atoms with Crippen LogP contribution in [0.5, 0.6) is 23.0 Å². The molecular formula is C53H68N4O14. The molecule has 18 heteroatoms. The number of anilines is 1. The Morgan fingerprint density at radius 2 is 1.46 bits per heavy atom. The van der Waals surface area contributed by atoms with Crippen molar-refractivity contribution in [2.45, 2.75) is 117 Å². The van der Waals surface area contributed by atoms with Gasteiger partial charge in [0.15, 0.2) is 17.3 Å². The van der Waals surface area contributed by atoms with E-state index in [1.807, 2.05) is 5.01 Å². The zero-order chi connectivity index (χ0) is 52.1. The van der Waals surface area contributed by atoms with Crippen LogP contribution < -0.4 is 10.1 Å². The summed E-state index contributed by atoms with van der Waals surface area (Å²) in [6.45, 7) is 15.4. The van der Waals surface area contributed by atoms with Crippen LogP contribution in [-0.4, -0.2) is 140 Å². The van der Waals surface area contributed by atoms with Crippen LogP contribution in [0.2, 0.25) is 0 Å². The van der Waals surface area contributed by atoms with E-state index in [9.17, 15) is 49.5 Å². The maximum Gasteiger partial charge on any atom is 0.312 e. The predicted octanol–water partition coefficient (Wildman–Crippen LogP) is 5.90. The van der Waals surface area contributed by atoms with Gasteiger partial charge in [0.2, 0.25) is 0 Å². The zero-order valence-electron chi connectivity index (χ0n) is 41.9. The van der Waals surface area contributed by atoms with E-state index in [1.165, 1.54) is 109 Å². The molecule has 0 spiro atoms. The van der Waals surface area contributed by atoms with Crippen molar-refractivity contribution in [2.24, 2.45) is 28.8 Å². The zero-order valence-corrected chi connectivity index (χ0v) is 41.9. The van der Waals surface area contributed by atoms with Crippen molar-refractivity contribution in [1.29, 1.82) is 0 Å². The lowest BCUT2D eigenvalue weighted by atomic mass is 9.78. The van der Waals surface area contributed by atoms with Crippen molar-refractivity contribution in [1.82, 2.24) is 9.91 Å². The summed E-state index contributed by atoms with van der Waals surface area (Å²) in [4.78, 5) is 63.8. The Morgan fingerprint density at radius 1 is 0.845 bits per heavy atom. The largest absolute Gasteiger partial charge is 0.507 e. The molecule has 1 saturated heterocycles. The summed E-state index contributed by atoms with van der Waals surface area (Å²) in [6.07, 6.45) is 14.8. The number of amides is 1. The molecule has 4 heterocycles. The van der Waals surface area contributed by atoms with Crippen molar-refractivity contribution in [3.8, 4) is 23.0 Å². The number of hydrogen-bond acceptors (Lipinski definition) is 17. The van der Waals surface area contributed by atoms with E-state index in [-0.39, 0.29) is 56.0 Å². The Balaban J connectivity index is 0.000000937. The molecule has 2 aromatic carbocycles. The minimum absolute atomic E-state index is 0.0631. The minimum atomic E-state index is -2.04.